The van der Waals surface area contributed by atoms with Crippen LogP contribution in [-0.4, -0.2) is 16.5 Å². The van der Waals surface area contributed by atoms with Crippen molar-refractivity contribution in [2.75, 3.05) is 6.54 Å². The van der Waals surface area contributed by atoms with Gasteiger partial charge in [0.2, 0.25) is 0 Å². The second-order valence-corrected chi connectivity index (χ2v) is 2.78. The summed E-state index contributed by atoms with van der Waals surface area (Å²) in [5, 5.41) is 1.13. The summed E-state index contributed by atoms with van der Waals surface area (Å²) in [4.78, 5) is 7.28. The number of aromatic nitrogens is 2. The van der Waals surface area contributed by atoms with E-state index in [1.807, 2.05) is 30.5 Å². The molecule has 0 saturated carbocycles. The number of aromatic amines is 1. The summed E-state index contributed by atoms with van der Waals surface area (Å²) >= 11 is 0. The number of rotatable bonds is 2. The predicted molar refractivity (Wildman–Crippen MR) is 54.2 cm³/mol. The van der Waals surface area contributed by atoms with E-state index in [9.17, 15) is 0 Å². The highest BCUT2D eigenvalue weighted by Crippen LogP contribution is 2.16. The molecule has 0 bridgehead atoms. The third-order valence-corrected chi connectivity index (χ3v) is 1.92. The molecule has 0 saturated heterocycles. The molecule has 3 N–H and O–H groups in total. The number of pyridine rings is 1. The third kappa shape index (κ3) is 1.46. The van der Waals surface area contributed by atoms with E-state index in [-0.39, 0.29) is 0 Å². The molecule has 3 heteroatoms. The van der Waals surface area contributed by atoms with Crippen LogP contribution in [0.3, 0.4) is 0 Å². The normalized spacial score (nSPS) is 11.5. The first-order valence-electron chi connectivity index (χ1n) is 4.20. The molecule has 0 aromatic carbocycles. The highest BCUT2D eigenvalue weighted by molar-refractivity contribution is 5.85. The van der Waals surface area contributed by atoms with Gasteiger partial charge < -0.3 is 10.7 Å². The van der Waals surface area contributed by atoms with Crippen molar-refractivity contribution in [2.45, 2.75) is 0 Å². The minimum atomic E-state index is 0.562. The first-order chi connectivity index (χ1) is 6.42. The SMILES string of the molecule is NC/C=C/c1c[nH]c2ncccc12. The number of fused-ring (bicyclic) bond motifs is 1. The Balaban J connectivity index is 2.52. The molecule has 66 valence electrons. The van der Waals surface area contributed by atoms with E-state index in [0.717, 1.165) is 16.6 Å². The fraction of sp³-hybridized carbons (Fsp3) is 0.100. The molecular formula is C10H11N3. The summed E-state index contributed by atoms with van der Waals surface area (Å²) in [6.45, 7) is 0.562. The average molecular weight is 173 g/mol. The van der Waals surface area contributed by atoms with Crippen molar-refractivity contribution in [3.8, 4) is 0 Å². The van der Waals surface area contributed by atoms with Crippen LogP contribution in [0.1, 0.15) is 5.56 Å². The molecule has 0 aliphatic carbocycles. The third-order valence-electron chi connectivity index (χ3n) is 1.92. The first-order valence-corrected chi connectivity index (χ1v) is 4.20. The van der Waals surface area contributed by atoms with Gasteiger partial charge in [-0.2, -0.15) is 0 Å². The Morgan fingerprint density at radius 2 is 2.46 bits per heavy atom. The van der Waals surface area contributed by atoms with Gasteiger partial charge in [0.25, 0.3) is 0 Å². The van der Waals surface area contributed by atoms with Crippen LogP contribution in [0.5, 0.6) is 0 Å². The number of nitrogens with zero attached hydrogens (tertiary/aromatic N) is 1. The zero-order valence-electron chi connectivity index (χ0n) is 7.20. The van der Waals surface area contributed by atoms with Crippen LogP contribution in [0.2, 0.25) is 0 Å². The molecule has 2 heterocycles. The van der Waals surface area contributed by atoms with Gasteiger partial charge in [-0.3, -0.25) is 0 Å². The van der Waals surface area contributed by atoms with Crippen molar-refractivity contribution in [3.63, 3.8) is 0 Å². The molecule has 0 spiro atoms. The topological polar surface area (TPSA) is 54.7 Å². The lowest BCUT2D eigenvalue weighted by atomic mass is 10.2. The smallest absolute Gasteiger partial charge is 0.137 e. The van der Waals surface area contributed by atoms with E-state index in [1.54, 1.807) is 6.20 Å². The van der Waals surface area contributed by atoms with Gasteiger partial charge >= 0.3 is 0 Å². The van der Waals surface area contributed by atoms with E-state index in [0.29, 0.717) is 6.54 Å². The molecule has 0 unspecified atom stereocenters. The molecule has 0 radical (unpaired) electrons. The van der Waals surface area contributed by atoms with Gasteiger partial charge in [-0.15, -0.1) is 0 Å². The van der Waals surface area contributed by atoms with Crippen LogP contribution in [0.15, 0.2) is 30.6 Å². The molecule has 0 fully saturated rings. The van der Waals surface area contributed by atoms with Crippen LogP contribution in [-0.2, 0) is 0 Å². The minimum Gasteiger partial charge on any atom is -0.346 e. The molecule has 2 aromatic heterocycles. The number of nitrogens with two attached hydrogens (primary N) is 1. The maximum Gasteiger partial charge on any atom is 0.137 e. The number of hydrogen-bond donors (Lipinski definition) is 2. The quantitative estimate of drug-likeness (QED) is 0.723. The van der Waals surface area contributed by atoms with Crippen molar-refractivity contribution in [1.29, 1.82) is 0 Å². The molecule has 13 heavy (non-hydrogen) atoms. The fourth-order valence-electron chi connectivity index (χ4n) is 1.31. The summed E-state index contributed by atoms with van der Waals surface area (Å²) in [6, 6.07) is 3.96. The van der Waals surface area contributed by atoms with Crippen LogP contribution < -0.4 is 5.73 Å². The maximum atomic E-state index is 5.38. The Morgan fingerprint density at radius 1 is 1.54 bits per heavy atom. The summed E-state index contributed by atoms with van der Waals surface area (Å²) < 4.78 is 0. The highest BCUT2D eigenvalue weighted by Gasteiger charge is 1.98. The van der Waals surface area contributed by atoms with Crippen molar-refractivity contribution in [2.24, 2.45) is 5.73 Å². The van der Waals surface area contributed by atoms with Gasteiger partial charge in [0.15, 0.2) is 0 Å². The Kier molecular flexibility index (Phi) is 2.10. The molecule has 0 amide bonds. The van der Waals surface area contributed by atoms with Crippen LogP contribution in [0, 0.1) is 0 Å². The van der Waals surface area contributed by atoms with Crippen molar-refractivity contribution < 1.29 is 0 Å². The van der Waals surface area contributed by atoms with Crippen LogP contribution >= 0.6 is 0 Å². The lowest BCUT2D eigenvalue weighted by molar-refractivity contribution is 1.26. The zero-order chi connectivity index (χ0) is 9.10. The largest absolute Gasteiger partial charge is 0.346 e. The summed E-state index contributed by atoms with van der Waals surface area (Å²) in [5.74, 6) is 0. The summed E-state index contributed by atoms with van der Waals surface area (Å²) in [5.41, 5.74) is 7.43. The van der Waals surface area contributed by atoms with Crippen molar-refractivity contribution in [1.82, 2.24) is 9.97 Å². The number of nitrogens with one attached hydrogen (secondary N) is 1. The average Bonchev–Trinajstić information content (AvgIpc) is 2.58. The monoisotopic (exact) mass is 173 g/mol. The van der Waals surface area contributed by atoms with E-state index >= 15 is 0 Å². The van der Waals surface area contributed by atoms with Gasteiger partial charge in [0.1, 0.15) is 5.65 Å². The summed E-state index contributed by atoms with van der Waals surface area (Å²) in [7, 11) is 0. The lowest BCUT2D eigenvalue weighted by Gasteiger charge is -1.88. The molecule has 0 aliphatic rings. The molecule has 2 rings (SSSR count). The molecule has 0 aliphatic heterocycles. The highest BCUT2D eigenvalue weighted by atomic mass is 14.8. The van der Waals surface area contributed by atoms with E-state index in [2.05, 4.69) is 9.97 Å². The van der Waals surface area contributed by atoms with E-state index in [1.165, 1.54) is 0 Å². The second kappa shape index (κ2) is 3.41. The fourth-order valence-corrected chi connectivity index (χ4v) is 1.31. The second-order valence-electron chi connectivity index (χ2n) is 2.78. The Bertz CT molecular complexity index is 428. The minimum absolute atomic E-state index is 0.562. The van der Waals surface area contributed by atoms with E-state index in [4.69, 9.17) is 5.73 Å². The lowest BCUT2D eigenvalue weighted by Crippen LogP contribution is -1.91. The van der Waals surface area contributed by atoms with E-state index < -0.39 is 0 Å². The summed E-state index contributed by atoms with van der Waals surface area (Å²) in [6.07, 6.45) is 7.63. The zero-order valence-corrected chi connectivity index (χ0v) is 7.20. The Hall–Kier alpha value is -1.61. The van der Waals surface area contributed by atoms with Gasteiger partial charge in [0, 0.05) is 29.9 Å². The van der Waals surface area contributed by atoms with Crippen LogP contribution in [0.4, 0.5) is 0 Å². The molecule has 2 aromatic rings. The molecule has 3 nitrogen and oxygen atoms in total. The molecule has 0 atom stereocenters. The maximum absolute atomic E-state index is 5.38. The predicted octanol–water partition coefficient (Wildman–Crippen LogP) is 1.53. The van der Waals surface area contributed by atoms with Gasteiger partial charge in [-0.1, -0.05) is 12.2 Å². The van der Waals surface area contributed by atoms with Crippen LogP contribution in [0.25, 0.3) is 17.1 Å². The van der Waals surface area contributed by atoms with Gasteiger partial charge in [-0.05, 0) is 12.1 Å². The molecular weight excluding hydrogens is 162 g/mol. The first kappa shape index (κ1) is 8.01. The Morgan fingerprint density at radius 3 is 3.31 bits per heavy atom. The van der Waals surface area contributed by atoms with Crippen molar-refractivity contribution in [3.05, 3.63) is 36.2 Å². The Labute approximate surface area is 76.3 Å². The standard InChI is InChI=1S/C10H11N3/c11-5-1-3-8-7-13-10-9(8)4-2-6-12-10/h1-4,6-7H,5,11H2,(H,12,13)/b3-1+. The number of H-pyrrole nitrogens is 1. The van der Waals surface area contributed by atoms with Crippen molar-refractivity contribution >= 4 is 17.1 Å². The number of hydrogen-bond acceptors (Lipinski definition) is 2. The van der Waals surface area contributed by atoms with Gasteiger partial charge in [0.05, 0.1) is 0 Å². The van der Waals surface area contributed by atoms with Gasteiger partial charge in [-0.25, -0.2) is 4.98 Å².